The lowest BCUT2D eigenvalue weighted by Gasteiger charge is -2.07. The molecule has 1 rings (SSSR count). The summed E-state index contributed by atoms with van der Waals surface area (Å²) in [6.07, 6.45) is 0. The molecule has 1 aromatic heterocycles. The van der Waals surface area contributed by atoms with Gasteiger partial charge in [0.1, 0.15) is 10.4 Å². The van der Waals surface area contributed by atoms with Crippen molar-refractivity contribution in [2.24, 2.45) is 0 Å². The van der Waals surface area contributed by atoms with Crippen molar-refractivity contribution in [1.29, 1.82) is 0 Å². The average Bonchev–Trinajstić information content (AvgIpc) is 2.11. The van der Waals surface area contributed by atoms with Gasteiger partial charge in [-0.25, -0.2) is 4.98 Å². The van der Waals surface area contributed by atoms with Gasteiger partial charge in [0.05, 0.1) is 0 Å². The summed E-state index contributed by atoms with van der Waals surface area (Å²) in [5, 5.41) is 2.80. The van der Waals surface area contributed by atoms with Gasteiger partial charge in [-0.15, -0.1) is 0 Å². The van der Waals surface area contributed by atoms with Crippen LogP contribution >= 0.6 is 27.7 Å². The monoisotopic (exact) mass is 300 g/mol. The fraction of sp³-hybridized carbons (Fsp3) is 0.375. The maximum atomic E-state index is 11.8. The third-order valence-electron chi connectivity index (χ3n) is 1.39. The van der Waals surface area contributed by atoms with E-state index in [0.717, 1.165) is 0 Å². The van der Waals surface area contributed by atoms with Gasteiger partial charge in [-0.3, -0.25) is 0 Å². The molecule has 1 N–H and O–H groups in total. The molecule has 0 saturated carbocycles. The molecule has 1 heterocycles. The topological polar surface area (TPSA) is 24.9 Å². The predicted molar refractivity (Wildman–Crippen MR) is 58.9 cm³/mol. The molecule has 0 aliphatic rings. The predicted octanol–water partition coefficient (Wildman–Crippen LogP) is 3.51. The molecule has 2 nitrogen and oxygen atoms in total. The highest BCUT2D eigenvalue weighted by Crippen LogP contribution is 2.29. The van der Waals surface area contributed by atoms with Crippen LogP contribution in [0.1, 0.15) is 0 Å². The second-order valence-corrected chi connectivity index (χ2v) is 4.54. The van der Waals surface area contributed by atoms with E-state index in [-0.39, 0.29) is 24.1 Å². The van der Waals surface area contributed by atoms with Crippen LogP contribution < -0.4 is 5.32 Å². The molecule has 0 aromatic carbocycles. The molecular formula is C8H8BrF3N2S. The minimum Gasteiger partial charge on any atom is -0.369 e. The average molecular weight is 301 g/mol. The standard InChI is InChI=1S/C8H8BrF3N2S/c9-6-2-1-3-7(14-6)13-4-5-15-8(10,11)12/h1-3H,4-5H2,(H,13,14). The molecule has 15 heavy (non-hydrogen) atoms. The van der Waals surface area contributed by atoms with E-state index < -0.39 is 5.51 Å². The zero-order chi connectivity index (χ0) is 11.3. The second kappa shape index (κ2) is 5.60. The van der Waals surface area contributed by atoms with Crippen LogP contribution in [0.25, 0.3) is 0 Å². The van der Waals surface area contributed by atoms with E-state index in [0.29, 0.717) is 10.4 Å². The number of thioether (sulfide) groups is 1. The molecule has 0 amide bonds. The fourth-order valence-electron chi connectivity index (χ4n) is 0.853. The number of rotatable bonds is 4. The number of aromatic nitrogens is 1. The van der Waals surface area contributed by atoms with Crippen LogP contribution in [0, 0.1) is 0 Å². The van der Waals surface area contributed by atoms with Gasteiger partial charge in [-0.1, -0.05) is 6.07 Å². The first-order chi connectivity index (χ1) is 6.97. The van der Waals surface area contributed by atoms with Crippen molar-refractivity contribution in [3.05, 3.63) is 22.8 Å². The van der Waals surface area contributed by atoms with Crippen molar-refractivity contribution in [3.63, 3.8) is 0 Å². The molecule has 0 bridgehead atoms. The largest absolute Gasteiger partial charge is 0.441 e. The summed E-state index contributed by atoms with van der Waals surface area (Å²) in [6.45, 7) is 0.230. The number of alkyl halides is 3. The Morgan fingerprint density at radius 3 is 2.73 bits per heavy atom. The zero-order valence-corrected chi connectivity index (χ0v) is 9.92. The van der Waals surface area contributed by atoms with E-state index in [9.17, 15) is 13.2 Å². The SMILES string of the molecule is FC(F)(F)SCCNc1cccc(Br)n1. The van der Waals surface area contributed by atoms with Gasteiger partial charge in [0.15, 0.2) is 0 Å². The Bertz CT molecular complexity index is 319. The van der Waals surface area contributed by atoms with Gasteiger partial charge in [-0.05, 0) is 39.8 Å². The summed E-state index contributed by atoms with van der Waals surface area (Å²) in [5.41, 5.74) is -4.16. The normalized spacial score (nSPS) is 11.5. The molecule has 0 atom stereocenters. The summed E-state index contributed by atoms with van der Waals surface area (Å²) in [5.74, 6) is 0.532. The Kier molecular flexibility index (Phi) is 4.72. The fourth-order valence-corrected chi connectivity index (χ4v) is 1.63. The number of hydrogen-bond acceptors (Lipinski definition) is 3. The zero-order valence-electron chi connectivity index (χ0n) is 7.51. The van der Waals surface area contributed by atoms with Crippen molar-refractivity contribution in [3.8, 4) is 0 Å². The molecule has 0 fully saturated rings. The Morgan fingerprint density at radius 2 is 2.13 bits per heavy atom. The van der Waals surface area contributed by atoms with Crippen LogP contribution in [0.2, 0.25) is 0 Å². The maximum Gasteiger partial charge on any atom is 0.441 e. The molecule has 0 unspecified atom stereocenters. The summed E-state index contributed by atoms with van der Waals surface area (Å²) < 4.78 is 35.9. The molecule has 0 radical (unpaired) electrons. The third kappa shape index (κ3) is 5.88. The smallest absolute Gasteiger partial charge is 0.369 e. The van der Waals surface area contributed by atoms with Crippen LogP contribution in [0.3, 0.4) is 0 Å². The number of nitrogens with one attached hydrogen (secondary N) is 1. The van der Waals surface area contributed by atoms with Gasteiger partial charge in [0, 0.05) is 12.3 Å². The van der Waals surface area contributed by atoms with Crippen molar-refractivity contribution >= 4 is 33.5 Å². The van der Waals surface area contributed by atoms with E-state index in [1.807, 2.05) is 0 Å². The lowest BCUT2D eigenvalue weighted by atomic mass is 10.4. The third-order valence-corrected chi connectivity index (χ3v) is 2.57. The van der Waals surface area contributed by atoms with Crippen LogP contribution in [-0.2, 0) is 0 Å². The maximum absolute atomic E-state index is 11.8. The van der Waals surface area contributed by atoms with Crippen molar-refractivity contribution in [2.75, 3.05) is 17.6 Å². The van der Waals surface area contributed by atoms with Crippen LogP contribution in [0.5, 0.6) is 0 Å². The van der Waals surface area contributed by atoms with Gasteiger partial charge in [0.2, 0.25) is 0 Å². The van der Waals surface area contributed by atoms with Crippen LogP contribution in [-0.4, -0.2) is 22.8 Å². The minimum absolute atomic E-state index is 0.0301. The summed E-state index contributed by atoms with van der Waals surface area (Å²) in [7, 11) is 0. The van der Waals surface area contributed by atoms with Crippen molar-refractivity contribution in [2.45, 2.75) is 5.51 Å². The number of halogens is 4. The quantitative estimate of drug-likeness (QED) is 0.680. The lowest BCUT2D eigenvalue weighted by molar-refractivity contribution is -0.0327. The van der Waals surface area contributed by atoms with E-state index in [1.165, 1.54) is 0 Å². The van der Waals surface area contributed by atoms with Crippen LogP contribution in [0.15, 0.2) is 22.8 Å². The van der Waals surface area contributed by atoms with E-state index in [4.69, 9.17) is 0 Å². The Balaban J connectivity index is 2.26. The van der Waals surface area contributed by atoms with E-state index in [1.54, 1.807) is 18.2 Å². The van der Waals surface area contributed by atoms with E-state index in [2.05, 4.69) is 26.2 Å². The molecule has 0 saturated heterocycles. The Morgan fingerprint density at radius 1 is 1.40 bits per heavy atom. The Hall–Kier alpha value is -0.430. The first-order valence-corrected chi connectivity index (χ1v) is 5.82. The van der Waals surface area contributed by atoms with Crippen LogP contribution in [0.4, 0.5) is 19.0 Å². The second-order valence-electron chi connectivity index (χ2n) is 2.57. The molecule has 84 valence electrons. The lowest BCUT2D eigenvalue weighted by Crippen LogP contribution is -2.10. The molecule has 0 aliphatic carbocycles. The highest BCUT2D eigenvalue weighted by molar-refractivity contribution is 9.10. The van der Waals surface area contributed by atoms with Crippen molar-refractivity contribution in [1.82, 2.24) is 4.98 Å². The number of nitrogens with zero attached hydrogens (tertiary/aromatic N) is 1. The molecule has 7 heteroatoms. The number of anilines is 1. The summed E-state index contributed by atoms with van der Waals surface area (Å²) in [6, 6.07) is 5.20. The van der Waals surface area contributed by atoms with Gasteiger partial charge in [-0.2, -0.15) is 13.2 Å². The summed E-state index contributed by atoms with van der Waals surface area (Å²) in [4.78, 5) is 4.02. The molecule has 1 aromatic rings. The summed E-state index contributed by atoms with van der Waals surface area (Å²) >= 11 is 3.12. The van der Waals surface area contributed by atoms with Gasteiger partial charge in [0.25, 0.3) is 0 Å². The Labute approximate surface area is 97.8 Å². The minimum atomic E-state index is -4.16. The molecule has 0 aliphatic heterocycles. The first kappa shape index (κ1) is 12.6. The highest BCUT2D eigenvalue weighted by Gasteiger charge is 2.27. The highest BCUT2D eigenvalue weighted by atomic mass is 79.9. The van der Waals surface area contributed by atoms with Gasteiger partial charge < -0.3 is 5.32 Å². The molecular weight excluding hydrogens is 293 g/mol. The first-order valence-electron chi connectivity index (χ1n) is 4.04. The molecule has 0 spiro atoms. The van der Waals surface area contributed by atoms with E-state index >= 15 is 0 Å². The van der Waals surface area contributed by atoms with Gasteiger partial charge >= 0.3 is 5.51 Å². The van der Waals surface area contributed by atoms with Crippen molar-refractivity contribution < 1.29 is 13.2 Å². The number of hydrogen-bond donors (Lipinski definition) is 1. The number of pyridine rings is 1.